The average Bonchev–Trinajstić information content (AvgIpc) is 3.07. The van der Waals surface area contributed by atoms with E-state index in [0.717, 1.165) is 39.6 Å². The highest BCUT2D eigenvalue weighted by Crippen LogP contribution is 2.39. The van der Waals surface area contributed by atoms with Crippen molar-refractivity contribution in [2.24, 2.45) is 0 Å². The highest BCUT2D eigenvalue weighted by molar-refractivity contribution is 9.10. The summed E-state index contributed by atoms with van der Waals surface area (Å²) in [6, 6.07) is 19.5. The Kier molecular flexibility index (Phi) is 7.44. The number of hydrogen-bond acceptors (Lipinski definition) is 5. The summed E-state index contributed by atoms with van der Waals surface area (Å²) in [5, 5.41) is -0.277. The third kappa shape index (κ3) is 5.37. The standard InChI is InChI=1S/C27H24BrNO4S/c1-17-8-10-19(11-9-17)15-29-26(30)24(34-27(29)31)14-20-12-22(28)25(23(13-20)32-3)33-16-21-7-5-4-6-18(21)2/h4-14H,15-16H2,1-3H3/b24-14-. The van der Waals surface area contributed by atoms with E-state index in [-0.39, 0.29) is 17.7 Å². The van der Waals surface area contributed by atoms with Gasteiger partial charge in [-0.25, -0.2) is 0 Å². The molecule has 1 aliphatic heterocycles. The predicted molar refractivity (Wildman–Crippen MR) is 139 cm³/mol. The van der Waals surface area contributed by atoms with Gasteiger partial charge in [-0.15, -0.1) is 0 Å². The van der Waals surface area contributed by atoms with Crippen molar-refractivity contribution in [3.63, 3.8) is 0 Å². The minimum atomic E-state index is -0.300. The number of methoxy groups -OCH3 is 1. The zero-order valence-corrected chi connectivity index (χ0v) is 21.5. The Bertz CT molecular complexity index is 1270. The molecule has 0 unspecified atom stereocenters. The maximum Gasteiger partial charge on any atom is 0.293 e. The predicted octanol–water partition coefficient (Wildman–Crippen LogP) is 6.89. The number of benzene rings is 3. The second-order valence-corrected chi connectivity index (χ2v) is 9.85. The van der Waals surface area contributed by atoms with Gasteiger partial charge >= 0.3 is 0 Å². The lowest BCUT2D eigenvalue weighted by Crippen LogP contribution is -2.27. The molecule has 1 heterocycles. The first kappa shape index (κ1) is 24.1. The van der Waals surface area contributed by atoms with Crippen LogP contribution in [0.5, 0.6) is 11.5 Å². The van der Waals surface area contributed by atoms with Crippen LogP contribution in [0.25, 0.3) is 6.08 Å². The Hall–Kier alpha value is -3.03. The van der Waals surface area contributed by atoms with Crippen LogP contribution in [0.1, 0.15) is 27.8 Å². The van der Waals surface area contributed by atoms with E-state index in [1.165, 1.54) is 4.90 Å². The molecule has 3 aromatic carbocycles. The van der Waals surface area contributed by atoms with Crippen molar-refractivity contribution >= 4 is 44.9 Å². The van der Waals surface area contributed by atoms with E-state index in [1.54, 1.807) is 19.3 Å². The van der Waals surface area contributed by atoms with Crippen LogP contribution in [0.15, 0.2) is 70.0 Å². The number of carbonyl (C=O) groups is 2. The molecular weight excluding hydrogens is 514 g/mol. The average molecular weight is 538 g/mol. The first-order valence-electron chi connectivity index (χ1n) is 10.7. The fraction of sp³-hybridized carbons (Fsp3) is 0.185. The fourth-order valence-electron chi connectivity index (χ4n) is 3.55. The van der Waals surface area contributed by atoms with Crippen LogP contribution < -0.4 is 9.47 Å². The minimum Gasteiger partial charge on any atom is -0.493 e. The summed E-state index contributed by atoms with van der Waals surface area (Å²) in [6.07, 6.45) is 1.71. The van der Waals surface area contributed by atoms with Crippen LogP contribution in [-0.4, -0.2) is 23.2 Å². The van der Waals surface area contributed by atoms with Crippen LogP contribution in [0.4, 0.5) is 4.79 Å². The lowest BCUT2D eigenvalue weighted by atomic mass is 10.1. The molecule has 5 nitrogen and oxygen atoms in total. The molecule has 174 valence electrons. The van der Waals surface area contributed by atoms with E-state index in [1.807, 2.05) is 68.4 Å². The molecule has 1 saturated heterocycles. The van der Waals surface area contributed by atoms with E-state index in [4.69, 9.17) is 9.47 Å². The zero-order valence-electron chi connectivity index (χ0n) is 19.1. The summed E-state index contributed by atoms with van der Waals surface area (Å²) in [5.74, 6) is 0.814. The minimum absolute atomic E-state index is 0.251. The molecular formula is C27H24BrNO4S. The summed E-state index contributed by atoms with van der Waals surface area (Å²) >= 11 is 4.51. The van der Waals surface area contributed by atoms with Gasteiger partial charge in [-0.05, 0) is 82.0 Å². The van der Waals surface area contributed by atoms with E-state index in [2.05, 4.69) is 15.9 Å². The molecule has 0 spiro atoms. The highest BCUT2D eigenvalue weighted by Gasteiger charge is 2.35. The Morgan fingerprint density at radius 1 is 1.03 bits per heavy atom. The van der Waals surface area contributed by atoms with Crippen molar-refractivity contribution < 1.29 is 19.1 Å². The van der Waals surface area contributed by atoms with E-state index >= 15 is 0 Å². The normalized spacial score (nSPS) is 14.7. The van der Waals surface area contributed by atoms with Gasteiger partial charge in [0.25, 0.3) is 11.1 Å². The Balaban J connectivity index is 1.53. The third-order valence-electron chi connectivity index (χ3n) is 5.52. The molecule has 4 rings (SSSR count). The molecule has 0 aliphatic carbocycles. The summed E-state index contributed by atoms with van der Waals surface area (Å²) in [7, 11) is 1.57. The Morgan fingerprint density at radius 2 is 1.76 bits per heavy atom. The van der Waals surface area contributed by atoms with Crippen molar-refractivity contribution in [3.05, 3.63) is 97.9 Å². The van der Waals surface area contributed by atoms with Crippen molar-refractivity contribution in [1.82, 2.24) is 4.90 Å². The van der Waals surface area contributed by atoms with Gasteiger partial charge in [0, 0.05) is 0 Å². The van der Waals surface area contributed by atoms with Gasteiger partial charge in [0.05, 0.1) is 23.0 Å². The van der Waals surface area contributed by atoms with Gasteiger partial charge in [-0.2, -0.15) is 0 Å². The van der Waals surface area contributed by atoms with Gasteiger partial charge in [-0.1, -0.05) is 54.1 Å². The summed E-state index contributed by atoms with van der Waals surface area (Å²) in [6.45, 7) is 4.69. The smallest absolute Gasteiger partial charge is 0.293 e. The molecule has 34 heavy (non-hydrogen) atoms. The van der Waals surface area contributed by atoms with Crippen LogP contribution in [0.2, 0.25) is 0 Å². The monoisotopic (exact) mass is 537 g/mol. The molecule has 1 aliphatic rings. The van der Waals surface area contributed by atoms with Crippen LogP contribution in [0, 0.1) is 13.8 Å². The number of rotatable bonds is 7. The maximum absolute atomic E-state index is 12.9. The molecule has 0 radical (unpaired) electrons. The summed E-state index contributed by atoms with van der Waals surface area (Å²) in [4.78, 5) is 27.1. The molecule has 0 bridgehead atoms. The van der Waals surface area contributed by atoms with Crippen LogP contribution in [0.3, 0.4) is 0 Å². The molecule has 0 N–H and O–H groups in total. The van der Waals surface area contributed by atoms with Gasteiger partial charge in [0.2, 0.25) is 0 Å². The Morgan fingerprint density at radius 3 is 2.47 bits per heavy atom. The lowest BCUT2D eigenvalue weighted by molar-refractivity contribution is -0.123. The van der Waals surface area contributed by atoms with Crippen LogP contribution >= 0.6 is 27.7 Å². The fourth-order valence-corrected chi connectivity index (χ4v) is 4.96. The lowest BCUT2D eigenvalue weighted by Gasteiger charge is -2.15. The van der Waals surface area contributed by atoms with E-state index in [0.29, 0.717) is 27.5 Å². The zero-order chi connectivity index (χ0) is 24.2. The van der Waals surface area contributed by atoms with Crippen molar-refractivity contribution in [2.45, 2.75) is 27.0 Å². The number of amides is 2. The Labute approximate surface area is 211 Å². The SMILES string of the molecule is COc1cc(/C=C2\SC(=O)N(Cc3ccc(C)cc3)C2=O)cc(Br)c1OCc1ccccc1C. The molecule has 3 aromatic rings. The maximum atomic E-state index is 12.9. The van der Waals surface area contributed by atoms with Gasteiger partial charge in [-0.3, -0.25) is 14.5 Å². The van der Waals surface area contributed by atoms with Gasteiger partial charge < -0.3 is 9.47 Å². The molecule has 0 saturated carbocycles. The quantitative estimate of drug-likeness (QED) is 0.307. The van der Waals surface area contributed by atoms with Gasteiger partial charge in [0.15, 0.2) is 11.5 Å². The number of thioether (sulfide) groups is 1. The van der Waals surface area contributed by atoms with E-state index < -0.39 is 0 Å². The second-order valence-electron chi connectivity index (χ2n) is 8.00. The number of halogens is 1. The highest BCUT2D eigenvalue weighted by atomic mass is 79.9. The first-order valence-corrected chi connectivity index (χ1v) is 12.3. The number of nitrogens with zero attached hydrogens (tertiary/aromatic N) is 1. The van der Waals surface area contributed by atoms with Gasteiger partial charge in [0.1, 0.15) is 6.61 Å². The summed E-state index contributed by atoms with van der Waals surface area (Å²) < 4.78 is 12.3. The van der Waals surface area contributed by atoms with E-state index in [9.17, 15) is 9.59 Å². The number of aryl methyl sites for hydroxylation is 2. The largest absolute Gasteiger partial charge is 0.493 e. The summed E-state index contributed by atoms with van der Waals surface area (Å²) in [5.41, 5.74) is 5.00. The number of imide groups is 1. The molecule has 1 fully saturated rings. The number of carbonyl (C=O) groups excluding carboxylic acids is 2. The number of ether oxygens (including phenoxy) is 2. The molecule has 7 heteroatoms. The molecule has 2 amide bonds. The van der Waals surface area contributed by atoms with Crippen LogP contribution in [-0.2, 0) is 17.9 Å². The molecule has 0 atom stereocenters. The number of hydrogen-bond donors (Lipinski definition) is 0. The van der Waals surface area contributed by atoms with Crippen molar-refractivity contribution in [3.8, 4) is 11.5 Å². The topological polar surface area (TPSA) is 55.8 Å². The molecule has 0 aromatic heterocycles. The third-order valence-corrected chi connectivity index (χ3v) is 7.01. The second kappa shape index (κ2) is 10.5. The first-order chi connectivity index (χ1) is 16.4. The van der Waals surface area contributed by atoms with Crippen molar-refractivity contribution in [2.75, 3.05) is 7.11 Å². The van der Waals surface area contributed by atoms with Crippen molar-refractivity contribution in [1.29, 1.82) is 0 Å².